The van der Waals surface area contributed by atoms with Gasteiger partial charge < -0.3 is 14.8 Å². The Hall–Kier alpha value is -1.13. The molecule has 0 aliphatic rings. The Morgan fingerprint density at radius 2 is 2.11 bits per heavy atom. The fraction of sp³-hybridized carbons (Fsp3) is 0.571. The largest absolute Gasteiger partial charge is 0.496 e. The summed E-state index contributed by atoms with van der Waals surface area (Å²) >= 11 is 0. The fourth-order valence-corrected chi connectivity index (χ4v) is 1.83. The molecule has 0 amide bonds. The van der Waals surface area contributed by atoms with Gasteiger partial charge in [-0.15, -0.1) is 0 Å². The minimum Gasteiger partial charge on any atom is -0.496 e. The lowest BCUT2D eigenvalue weighted by Gasteiger charge is -2.20. The van der Waals surface area contributed by atoms with Crippen LogP contribution < -0.4 is 10.1 Å². The molecule has 0 aliphatic heterocycles. The normalized spacial score (nSPS) is 12.4. The van der Waals surface area contributed by atoms with Crippen LogP contribution in [0.25, 0.3) is 0 Å². The Kier molecular flexibility index (Phi) is 6.68. The lowest BCUT2D eigenvalue weighted by atomic mass is 10.1. The van der Waals surface area contributed by atoms with Crippen molar-refractivity contribution in [3.05, 3.63) is 29.6 Å². The molecule has 4 heteroatoms. The Bertz CT molecular complexity index is 358. The Balaban J connectivity index is 2.85. The van der Waals surface area contributed by atoms with Crippen LogP contribution in [0.4, 0.5) is 4.39 Å². The molecule has 102 valence electrons. The van der Waals surface area contributed by atoms with Gasteiger partial charge in [-0.05, 0) is 31.2 Å². The number of benzene rings is 1. The smallest absolute Gasteiger partial charge is 0.123 e. The molecule has 0 saturated heterocycles. The van der Waals surface area contributed by atoms with Gasteiger partial charge in [-0.25, -0.2) is 4.39 Å². The van der Waals surface area contributed by atoms with Crippen molar-refractivity contribution in [2.75, 3.05) is 26.9 Å². The highest BCUT2D eigenvalue weighted by Crippen LogP contribution is 2.26. The third kappa shape index (κ3) is 4.27. The van der Waals surface area contributed by atoms with Crippen LogP contribution >= 0.6 is 0 Å². The molecule has 1 unspecified atom stereocenters. The molecular formula is C14H22FNO2. The standard InChI is InChI=1S/C14H22FNO2/c1-4-8-18-10-13(16-5-2)12-9-11(15)6-7-14(12)17-3/h6-7,9,13,16H,4-5,8,10H2,1-3H3. The Morgan fingerprint density at radius 3 is 2.72 bits per heavy atom. The minimum atomic E-state index is -0.260. The van der Waals surface area contributed by atoms with E-state index < -0.39 is 0 Å². The summed E-state index contributed by atoms with van der Waals surface area (Å²) < 4.78 is 24.2. The molecule has 0 aliphatic carbocycles. The van der Waals surface area contributed by atoms with Gasteiger partial charge in [0.05, 0.1) is 19.8 Å². The highest BCUT2D eigenvalue weighted by atomic mass is 19.1. The lowest BCUT2D eigenvalue weighted by Crippen LogP contribution is -2.26. The predicted octanol–water partition coefficient (Wildman–Crippen LogP) is 2.91. The van der Waals surface area contributed by atoms with Gasteiger partial charge in [-0.2, -0.15) is 0 Å². The van der Waals surface area contributed by atoms with E-state index in [2.05, 4.69) is 12.2 Å². The zero-order valence-corrected chi connectivity index (χ0v) is 11.3. The molecule has 0 fully saturated rings. The average molecular weight is 255 g/mol. The number of halogens is 1. The van der Waals surface area contributed by atoms with Crippen LogP contribution in [0.5, 0.6) is 5.75 Å². The van der Waals surface area contributed by atoms with Gasteiger partial charge in [-0.3, -0.25) is 0 Å². The summed E-state index contributed by atoms with van der Waals surface area (Å²) in [6.07, 6.45) is 0.971. The van der Waals surface area contributed by atoms with Crippen LogP contribution in [0.2, 0.25) is 0 Å². The number of hydrogen-bond donors (Lipinski definition) is 1. The highest BCUT2D eigenvalue weighted by molar-refractivity contribution is 5.36. The van der Waals surface area contributed by atoms with E-state index in [9.17, 15) is 4.39 Å². The molecule has 0 saturated carbocycles. The average Bonchev–Trinajstić information content (AvgIpc) is 2.38. The van der Waals surface area contributed by atoms with Crippen molar-refractivity contribution in [2.45, 2.75) is 26.3 Å². The van der Waals surface area contributed by atoms with E-state index in [1.54, 1.807) is 13.2 Å². The molecular weight excluding hydrogens is 233 g/mol. The maximum absolute atomic E-state index is 13.3. The summed E-state index contributed by atoms with van der Waals surface area (Å²) in [4.78, 5) is 0. The highest BCUT2D eigenvalue weighted by Gasteiger charge is 2.16. The van der Waals surface area contributed by atoms with Crippen molar-refractivity contribution in [3.8, 4) is 5.75 Å². The number of hydrogen-bond acceptors (Lipinski definition) is 3. The predicted molar refractivity (Wildman–Crippen MR) is 70.5 cm³/mol. The molecule has 18 heavy (non-hydrogen) atoms. The first-order valence-corrected chi connectivity index (χ1v) is 6.37. The van der Waals surface area contributed by atoms with Crippen LogP contribution in [0, 0.1) is 5.82 Å². The van der Waals surface area contributed by atoms with Gasteiger partial charge in [0.1, 0.15) is 11.6 Å². The number of likely N-dealkylation sites (N-methyl/N-ethyl adjacent to an activating group) is 1. The van der Waals surface area contributed by atoms with Crippen molar-refractivity contribution in [3.63, 3.8) is 0 Å². The Morgan fingerprint density at radius 1 is 1.33 bits per heavy atom. The topological polar surface area (TPSA) is 30.5 Å². The third-order valence-electron chi connectivity index (χ3n) is 2.65. The van der Waals surface area contributed by atoms with Crippen LogP contribution in [-0.2, 0) is 4.74 Å². The van der Waals surface area contributed by atoms with Gasteiger partial charge in [0, 0.05) is 12.2 Å². The molecule has 1 aromatic carbocycles. The van der Waals surface area contributed by atoms with Crippen LogP contribution in [0.3, 0.4) is 0 Å². The molecule has 0 bridgehead atoms. The molecule has 3 nitrogen and oxygen atoms in total. The molecule has 0 spiro atoms. The van der Waals surface area contributed by atoms with Gasteiger partial charge >= 0.3 is 0 Å². The summed E-state index contributed by atoms with van der Waals surface area (Å²) in [5.74, 6) is 0.423. The van der Waals surface area contributed by atoms with Crippen LogP contribution in [0.15, 0.2) is 18.2 Å². The molecule has 0 heterocycles. The first kappa shape index (κ1) is 14.9. The minimum absolute atomic E-state index is 0.0489. The number of rotatable bonds is 8. The summed E-state index contributed by atoms with van der Waals surface area (Å²) in [6, 6.07) is 4.50. The molecule has 1 N–H and O–H groups in total. The van der Waals surface area contributed by atoms with Crippen molar-refractivity contribution in [1.29, 1.82) is 0 Å². The maximum atomic E-state index is 13.3. The number of nitrogens with one attached hydrogen (secondary N) is 1. The van der Waals surface area contributed by atoms with Crippen molar-refractivity contribution in [1.82, 2.24) is 5.32 Å². The van der Waals surface area contributed by atoms with Gasteiger partial charge in [0.2, 0.25) is 0 Å². The summed E-state index contributed by atoms with van der Waals surface area (Å²) in [5, 5.41) is 3.29. The summed E-state index contributed by atoms with van der Waals surface area (Å²) in [5.41, 5.74) is 0.801. The van der Waals surface area contributed by atoms with E-state index in [1.807, 2.05) is 6.92 Å². The second kappa shape index (κ2) is 8.06. The van der Waals surface area contributed by atoms with E-state index in [0.29, 0.717) is 19.0 Å². The van der Waals surface area contributed by atoms with Crippen molar-refractivity contribution in [2.24, 2.45) is 0 Å². The van der Waals surface area contributed by atoms with Crippen LogP contribution in [0.1, 0.15) is 31.9 Å². The summed E-state index contributed by atoms with van der Waals surface area (Å²) in [7, 11) is 1.59. The lowest BCUT2D eigenvalue weighted by molar-refractivity contribution is 0.111. The van der Waals surface area contributed by atoms with E-state index in [0.717, 1.165) is 18.5 Å². The molecule has 1 atom stereocenters. The van der Waals surface area contributed by atoms with Crippen molar-refractivity contribution < 1.29 is 13.9 Å². The zero-order chi connectivity index (χ0) is 13.4. The van der Waals surface area contributed by atoms with E-state index in [1.165, 1.54) is 12.1 Å². The fourth-order valence-electron chi connectivity index (χ4n) is 1.83. The van der Waals surface area contributed by atoms with Crippen LogP contribution in [-0.4, -0.2) is 26.9 Å². The molecule has 1 aromatic rings. The Labute approximate surface area is 108 Å². The van der Waals surface area contributed by atoms with Gasteiger partial charge in [0.15, 0.2) is 0 Å². The monoisotopic (exact) mass is 255 g/mol. The SMILES string of the molecule is CCCOCC(NCC)c1cc(F)ccc1OC. The van der Waals surface area contributed by atoms with E-state index >= 15 is 0 Å². The van der Waals surface area contributed by atoms with Gasteiger partial charge in [0.25, 0.3) is 0 Å². The first-order chi connectivity index (χ1) is 8.72. The van der Waals surface area contributed by atoms with Gasteiger partial charge in [-0.1, -0.05) is 13.8 Å². The maximum Gasteiger partial charge on any atom is 0.123 e. The van der Waals surface area contributed by atoms with E-state index in [-0.39, 0.29) is 11.9 Å². The second-order valence-corrected chi connectivity index (χ2v) is 4.07. The molecule has 1 rings (SSSR count). The first-order valence-electron chi connectivity index (χ1n) is 6.37. The number of methoxy groups -OCH3 is 1. The third-order valence-corrected chi connectivity index (χ3v) is 2.65. The second-order valence-electron chi connectivity index (χ2n) is 4.07. The quantitative estimate of drug-likeness (QED) is 0.724. The zero-order valence-electron chi connectivity index (χ0n) is 11.3. The number of ether oxygens (including phenoxy) is 2. The van der Waals surface area contributed by atoms with Crippen molar-refractivity contribution >= 4 is 0 Å². The summed E-state index contributed by atoms with van der Waals surface area (Å²) in [6.45, 7) is 6.09. The molecule has 0 radical (unpaired) electrons. The van der Waals surface area contributed by atoms with E-state index in [4.69, 9.17) is 9.47 Å². The molecule has 0 aromatic heterocycles.